The van der Waals surface area contributed by atoms with Gasteiger partial charge >= 0.3 is 0 Å². The molecule has 0 saturated heterocycles. The molecule has 1 heterocycles. The predicted molar refractivity (Wildman–Crippen MR) is 61.3 cm³/mol. The lowest BCUT2D eigenvalue weighted by Gasteiger charge is -2.16. The molecule has 1 aromatic rings. The molecule has 0 aliphatic heterocycles. The van der Waals surface area contributed by atoms with Crippen LogP contribution in [0.1, 0.15) is 18.2 Å². The standard InChI is InChI=1S/C10H18SSi/c1-5-6-9-10(7-8-11-9)12(2,3)4/h7-8H,5-6H2,1-4H3. The smallest absolute Gasteiger partial charge is 0.0790 e. The molecule has 0 atom stereocenters. The number of aryl methyl sites for hydroxylation is 1. The van der Waals surface area contributed by atoms with Crippen molar-refractivity contribution in [1.29, 1.82) is 0 Å². The molecule has 0 nitrogen and oxygen atoms in total. The topological polar surface area (TPSA) is 0 Å². The molecule has 0 N–H and O–H groups in total. The normalized spacial score (nSPS) is 12.0. The van der Waals surface area contributed by atoms with Crippen molar-refractivity contribution in [3.63, 3.8) is 0 Å². The fourth-order valence-electron chi connectivity index (χ4n) is 1.43. The minimum atomic E-state index is -1.05. The summed E-state index contributed by atoms with van der Waals surface area (Å²) in [4.78, 5) is 1.64. The van der Waals surface area contributed by atoms with E-state index in [4.69, 9.17) is 0 Å². The maximum Gasteiger partial charge on any atom is 0.0790 e. The van der Waals surface area contributed by atoms with Crippen LogP contribution in [-0.2, 0) is 6.42 Å². The highest BCUT2D eigenvalue weighted by Gasteiger charge is 2.20. The maximum atomic E-state index is 2.42. The molecule has 0 aliphatic rings. The lowest BCUT2D eigenvalue weighted by Crippen LogP contribution is -2.38. The summed E-state index contributed by atoms with van der Waals surface area (Å²) in [5, 5.41) is 3.92. The highest BCUT2D eigenvalue weighted by atomic mass is 32.1. The zero-order valence-corrected chi connectivity index (χ0v) is 10.3. The third-order valence-corrected chi connectivity index (χ3v) is 5.28. The van der Waals surface area contributed by atoms with E-state index in [0.717, 1.165) is 0 Å². The number of hydrogen-bond donors (Lipinski definition) is 0. The molecule has 1 aromatic heterocycles. The summed E-state index contributed by atoms with van der Waals surface area (Å²) in [7, 11) is -1.05. The van der Waals surface area contributed by atoms with Crippen LogP contribution in [0.3, 0.4) is 0 Å². The van der Waals surface area contributed by atoms with E-state index in [1.165, 1.54) is 12.8 Å². The van der Waals surface area contributed by atoms with Crippen molar-refractivity contribution in [3.05, 3.63) is 16.3 Å². The van der Waals surface area contributed by atoms with Crippen LogP contribution in [-0.4, -0.2) is 8.07 Å². The van der Waals surface area contributed by atoms with E-state index in [2.05, 4.69) is 38.0 Å². The Balaban J connectivity index is 2.91. The van der Waals surface area contributed by atoms with Gasteiger partial charge in [0.25, 0.3) is 0 Å². The molecule has 0 radical (unpaired) electrons. The van der Waals surface area contributed by atoms with Crippen LogP contribution in [0.2, 0.25) is 19.6 Å². The molecule has 0 spiro atoms. The molecule has 0 saturated carbocycles. The highest BCUT2D eigenvalue weighted by Crippen LogP contribution is 2.14. The van der Waals surface area contributed by atoms with Crippen LogP contribution in [0.25, 0.3) is 0 Å². The van der Waals surface area contributed by atoms with Gasteiger partial charge in [-0.2, -0.15) is 0 Å². The zero-order chi connectivity index (χ0) is 9.19. The van der Waals surface area contributed by atoms with Crippen LogP contribution < -0.4 is 5.19 Å². The average Bonchev–Trinajstić information content (AvgIpc) is 2.34. The van der Waals surface area contributed by atoms with Crippen molar-refractivity contribution in [1.82, 2.24) is 0 Å². The number of hydrogen-bond acceptors (Lipinski definition) is 1. The first kappa shape index (κ1) is 10.0. The van der Waals surface area contributed by atoms with Gasteiger partial charge in [0.1, 0.15) is 0 Å². The second-order valence-corrected chi connectivity index (χ2v) is 10.3. The lowest BCUT2D eigenvalue weighted by atomic mass is 10.3. The van der Waals surface area contributed by atoms with Crippen LogP contribution >= 0.6 is 11.3 Å². The molecule has 0 fully saturated rings. The molecule has 0 amide bonds. The second kappa shape index (κ2) is 3.75. The van der Waals surface area contributed by atoms with Gasteiger partial charge in [-0.15, -0.1) is 11.3 Å². The Labute approximate surface area is 80.6 Å². The van der Waals surface area contributed by atoms with E-state index in [1.807, 2.05) is 11.3 Å². The first-order chi connectivity index (χ1) is 5.55. The van der Waals surface area contributed by atoms with Crippen LogP contribution in [0.4, 0.5) is 0 Å². The minimum Gasteiger partial charge on any atom is -0.149 e. The molecule has 0 aliphatic carbocycles. The largest absolute Gasteiger partial charge is 0.149 e. The summed E-state index contributed by atoms with van der Waals surface area (Å²) in [6.07, 6.45) is 2.55. The fourth-order valence-corrected chi connectivity index (χ4v) is 5.08. The van der Waals surface area contributed by atoms with Gasteiger partial charge < -0.3 is 0 Å². The monoisotopic (exact) mass is 198 g/mol. The van der Waals surface area contributed by atoms with Gasteiger partial charge in [0, 0.05) is 4.88 Å². The van der Waals surface area contributed by atoms with Crippen molar-refractivity contribution in [2.45, 2.75) is 39.4 Å². The van der Waals surface area contributed by atoms with E-state index in [1.54, 1.807) is 10.1 Å². The highest BCUT2D eigenvalue weighted by molar-refractivity contribution is 7.12. The van der Waals surface area contributed by atoms with E-state index < -0.39 is 8.07 Å². The molecule has 12 heavy (non-hydrogen) atoms. The number of rotatable bonds is 3. The molecular formula is C10H18SSi. The summed E-state index contributed by atoms with van der Waals surface area (Å²) >= 11 is 1.94. The van der Waals surface area contributed by atoms with Gasteiger partial charge in [-0.1, -0.05) is 39.1 Å². The Bertz CT molecular complexity index is 245. The first-order valence-electron chi connectivity index (χ1n) is 4.62. The Morgan fingerprint density at radius 2 is 2.00 bits per heavy atom. The molecule has 0 unspecified atom stereocenters. The molecule has 68 valence electrons. The summed E-state index contributed by atoms with van der Waals surface area (Å²) in [6, 6.07) is 2.34. The third kappa shape index (κ3) is 2.20. The maximum absolute atomic E-state index is 2.42. The molecule has 1 rings (SSSR count). The van der Waals surface area contributed by atoms with Crippen molar-refractivity contribution in [3.8, 4) is 0 Å². The number of thiophene rings is 1. The summed E-state index contributed by atoms with van der Waals surface area (Å²) < 4.78 is 0. The minimum absolute atomic E-state index is 1.05. The average molecular weight is 198 g/mol. The zero-order valence-electron chi connectivity index (χ0n) is 8.48. The second-order valence-electron chi connectivity index (χ2n) is 4.26. The van der Waals surface area contributed by atoms with Gasteiger partial charge in [0.15, 0.2) is 0 Å². The fraction of sp³-hybridized carbons (Fsp3) is 0.600. The van der Waals surface area contributed by atoms with E-state index in [-0.39, 0.29) is 0 Å². The van der Waals surface area contributed by atoms with Gasteiger partial charge in [-0.05, 0) is 17.0 Å². The Kier molecular flexibility index (Phi) is 3.13. The summed E-state index contributed by atoms with van der Waals surface area (Å²) in [5.41, 5.74) is 0. The Morgan fingerprint density at radius 1 is 1.33 bits per heavy atom. The Hall–Kier alpha value is -0.0831. The summed E-state index contributed by atoms with van der Waals surface area (Å²) in [6.45, 7) is 9.53. The van der Waals surface area contributed by atoms with E-state index in [9.17, 15) is 0 Å². The van der Waals surface area contributed by atoms with Crippen LogP contribution in [0, 0.1) is 0 Å². The molecule has 0 bridgehead atoms. The van der Waals surface area contributed by atoms with E-state index in [0.29, 0.717) is 0 Å². The van der Waals surface area contributed by atoms with Gasteiger partial charge in [-0.25, -0.2) is 0 Å². The molecular weight excluding hydrogens is 180 g/mol. The summed E-state index contributed by atoms with van der Waals surface area (Å²) in [5.74, 6) is 0. The first-order valence-corrected chi connectivity index (χ1v) is 9.00. The SMILES string of the molecule is CCCc1sccc1[Si](C)(C)C. The van der Waals surface area contributed by atoms with E-state index >= 15 is 0 Å². The molecule has 0 aromatic carbocycles. The molecule has 2 heteroatoms. The van der Waals surface area contributed by atoms with Gasteiger partial charge in [0.2, 0.25) is 0 Å². The van der Waals surface area contributed by atoms with Gasteiger partial charge in [0.05, 0.1) is 8.07 Å². The van der Waals surface area contributed by atoms with Crippen molar-refractivity contribution < 1.29 is 0 Å². The van der Waals surface area contributed by atoms with Crippen molar-refractivity contribution >= 4 is 24.6 Å². The van der Waals surface area contributed by atoms with Crippen molar-refractivity contribution in [2.75, 3.05) is 0 Å². The van der Waals surface area contributed by atoms with Crippen molar-refractivity contribution in [2.24, 2.45) is 0 Å². The van der Waals surface area contributed by atoms with Gasteiger partial charge in [-0.3, -0.25) is 0 Å². The third-order valence-electron chi connectivity index (χ3n) is 2.03. The lowest BCUT2D eigenvalue weighted by molar-refractivity contribution is 0.943. The van der Waals surface area contributed by atoms with Crippen LogP contribution in [0.15, 0.2) is 11.4 Å². The van der Waals surface area contributed by atoms with Crippen LogP contribution in [0.5, 0.6) is 0 Å². The Morgan fingerprint density at radius 3 is 2.50 bits per heavy atom. The quantitative estimate of drug-likeness (QED) is 0.654. The predicted octanol–water partition coefficient (Wildman–Crippen LogP) is 3.25.